The summed E-state index contributed by atoms with van der Waals surface area (Å²) < 4.78 is 7.63. The number of hydrogen-bond donors (Lipinski definition) is 1. The Morgan fingerprint density at radius 1 is 1.11 bits per heavy atom. The lowest BCUT2D eigenvalue weighted by Crippen LogP contribution is -2.23. The zero-order valence-electron chi connectivity index (χ0n) is 15.6. The predicted molar refractivity (Wildman–Crippen MR) is 104 cm³/mol. The van der Waals surface area contributed by atoms with Gasteiger partial charge in [0.25, 0.3) is 5.91 Å². The van der Waals surface area contributed by atoms with Gasteiger partial charge in [0, 0.05) is 12.1 Å². The molecule has 1 aliphatic rings. The standard InChI is InChI=1S/C21H23N5O2/c27-21(17-7-5-8-18(13-17)26-15-23-24-25-26)22-14-16-6-4-11-20(12-16)28-19-9-2-1-3-10-19/h4-8,11-13,15,19H,1-3,9-10,14H2,(H,22,27). The van der Waals surface area contributed by atoms with E-state index in [1.165, 1.54) is 30.3 Å². The number of tetrazole rings is 1. The summed E-state index contributed by atoms with van der Waals surface area (Å²) >= 11 is 0. The lowest BCUT2D eigenvalue weighted by atomic mass is 9.98. The molecule has 0 atom stereocenters. The van der Waals surface area contributed by atoms with Crippen LogP contribution >= 0.6 is 0 Å². The fraction of sp³-hybridized carbons (Fsp3) is 0.333. The fourth-order valence-corrected chi connectivity index (χ4v) is 3.46. The summed E-state index contributed by atoms with van der Waals surface area (Å²) in [5.74, 6) is 0.729. The lowest BCUT2D eigenvalue weighted by Gasteiger charge is -2.23. The van der Waals surface area contributed by atoms with Crippen molar-refractivity contribution >= 4 is 5.91 Å². The van der Waals surface area contributed by atoms with Crippen LogP contribution in [0.15, 0.2) is 54.9 Å². The molecule has 1 saturated carbocycles. The Balaban J connectivity index is 1.37. The first-order valence-corrected chi connectivity index (χ1v) is 9.65. The Morgan fingerprint density at radius 2 is 1.96 bits per heavy atom. The minimum absolute atomic E-state index is 0.145. The van der Waals surface area contributed by atoms with E-state index in [4.69, 9.17) is 4.74 Å². The molecule has 7 nitrogen and oxygen atoms in total. The number of benzene rings is 2. The van der Waals surface area contributed by atoms with Gasteiger partial charge >= 0.3 is 0 Å². The number of nitrogens with one attached hydrogen (secondary N) is 1. The minimum atomic E-state index is -0.145. The van der Waals surface area contributed by atoms with Crippen molar-refractivity contribution in [2.24, 2.45) is 0 Å². The largest absolute Gasteiger partial charge is 0.490 e. The molecular weight excluding hydrogens is 354 g/mol. The van der Waals surface area contributed by atoms with Crippen LogP contribution < -0.4 is 10.1 Å². The second kappa shape index (κ2) is 8.65. The number of rotatable bonds is 6. The third-order valence-electron chi connectivity index (χ3n) is 4.93. The Bertz CT molecular complexity index is 920. The van der Waals surface area contributed by atoms with E-state index in [2.05, 4.69) is 20.8 Å². The molecule has 1 heterocycles. The van der Waals surface area contributed by atoms with Crippen LogP contribution in [0.5, 0.6) is 5.75 Å². The Morgan fingerprint density at radius 3 is 2.79 bits per heavy atom. The van der Waals surface area contributed by atoms with Crippen molar-refractivity contribution < 1.29 is 9.53 Å². The number of ether oxygens (including phenoxy) is 1. The van der Waals surface area contributed by atoms with Gasteiger partial charge in [-0.05, 0) is 72.0 Å². The van der Waals surface area contributed by atoms with Crippen LogP contribution in [0, 0.1) is 0 Å². The van der Waals surface area contributed by atoms with Crippen molar-refractivity contribution in [2.75, 3.05) is 0 Å². The van der Waals surface area contributed by atoms with Crippen LogP contribution in [0.1, 0.15) is 48.0 Å². The van der Waals surface area contributed by atoms with E-state index in [0.717, 1.165) is 29.8 Å². The number of amides is 1. The topological polar surface area (TPSA) is 81.9 Å². The van der Waals surface area contributed by atoms with Crippen LogP contribution in [-0.4, -0.2) is 32.2 Å². The van der Waals surface area contributed by atoms with E-state index < -0.39 is 0 Å². The van der Waals surface area contributed by atoms with Gasteiger partial charge in [0.05, 0.1) is 11.8 Å². The molecule has 2 aromatic carbocycles. The number of nitrogens with zero attached hydrogens (tertiary/aromatic N) is 4. The maximum absolute atomic E-state index is 12.5. The van der Waals surface area contributed by atoms with Gasteiger partial charge in [-0.25, -0.2) is 4.68 Å². The molecular formula is C21H23N5O2. The average Bonchev–Trinajstić information content (AvgIpc) is 3.28. The highest BCUT2D eigenvalue weighted by Crippen LogP contribution is 2.24. The fourth-order valence-electron chi connectivity index (χ4n) is 3.46. The van der Waals surface area contributed by atoms with E-state index >= 15 is 0 Å². The predicted octanol–water partition coefficient (Wildman–Crippen LogP) is 3.30. The summed E-state index contributed by atoms with van der Waals surface area (Å²) in [6.45, 7) is 0.440. The maximum Gasteiger partial charge on any atom is 0.251 e. The van der Waals surface area contributed by atoms with Crippen LogP contribution in [0.3, 0.4) is 0 Å². The van der Waals surface area contributed by atoms with Gasteiger partial charge in [-0.15, -0.1) is 5.10 Å². The van der Waals surface area contributed by atoms with Gasteiger partial charge < -0.3 is 10.1 Å². The summed E-state index contributed by atoms with van der Waals surface area (Å²) in [5.41, 5.74) is 2.31. The van der Waals surface area contributed by atoms with Crippen molar-refractivity contribution in [2.45, 2.75) is 44.8 Å². The molecule has 1 N–H and O–H groups in total. The lowest BCUT2D eigenvalue weighted by molar-refractivity contribution is 0.0950. The molecule has 7 heteroatoms. The van der Waals surface area contributed by atoms with Crippen LogP contribution in [0.4, 0.5) is 0 Å². The highest BCUT2D eigenvalue weighted by molar-refractivity contribution is 5.94. The molecule has 0 saturated heterocycles. The van der Waals surface area contributed by atoms with Gasteiger partial charge in [-0.1, -0.05) is 24.6 Å². The molecule has 3 aromatic rings. The summed E-state index contributed by atoms with van der Waals surface area (Å²) in [6, 6.07) is 15.1. The van der Waals surface area contributed by atoms with Crippen LogP contribution in [0.25, 0.3) is 5.69 Å². The van der Waals surface area contributed by atoms with Gasteiger partial charge in [0.15, 0.2) is 0 Å². The summed E-state index contributed by atoms with van der Waals surface area (Å²) in [7, 11) is 0. The summed E-state index contributed by atoms with van der Waals surface area (Å²) in [5, 5.41) is 14.0. The maximum atomic E-state index is 12.5. The van der Waals surface area contributed by atoms with Crippen LogP contribution in [0.2, 0.25) is 0 Å². The van der Waals surface area contributed by atoms with Crippen molar-refractivity contribution in [3.63, 3.8) is 0 Å². The molecule has 0 aliphatic heterocycles. The number of carbonyl (C=O) groups excluding carboxylic acids is 1. The molecule has 4 rings (SSSR count). The highest BCUT2D eigenvalue weighted by atomic mass is 16.5. The number of aromatic nitrogens is 4. The second-order valence-corrected chi connectivity index (χ2v) is 7.01. The second-order valence-electron chi connectivity index (χ2n) is 7.01. The van der Waals surface area contributed by atoms with E-state index in [-0.39, 0.29) is 5.91 Å². The van der Waals surface area contributed by atoms with E-state index in [0.29, 0.717) is 18.2 Å². The zero-order valence-corrected chi connectivity index (χ0v) is 15.6. The molecule has 0 unspecified atom stereocenters. The van der Waals surface area contributed by atoms with Gasteiger partial charge in [0.1, 0.15) is 12.1 Å². The SMILES string of the molecule is O=C(NCc1cccc(OC2CCCCC2)c1)c1cccc(-n2cnnn2)c1. The summed E-state index contributed by atoms with van der Waals surface area (Å²) in [4.78, 5) is 12.5. The zero-order chi connectivity index (χ0) is 19.2. The molecule has 28 heavy (non-hydrogen) atoms. The van der Waals surface area contributed by atoms with Gasteiger partial charge in [0.2, 0.25) is 0 Å². The first-order valence-electron chi connectivity index (χ1n) is 9.65. The highest BCUT2D eigenvalue weighted by Gasteiger charge is 2.15. The number of carbonyl (C=O) groups is 1. The first-order chi connectivity index (χ1) is 13.8. The average molecular weight is 377 g/mol. The van der Waals surface area contributed by atoms with Gasteiger partial charge in [-0.2, -0.15) is 0 Å². The van der Waals surface area contributed by atoms with Gasteiger partial charge in [-0.3, -0.25) is 4.79 Å². The first kappa shape index (κ1) is 18.2. The third kappa shape index (κ3) is 4.54. The molecule has 144 valence electrons. The Kier molecular flexibility index (Phi) is 5.61. The van der Waals surface area contributed by atoms with E-state index in [9.17, 15) is 4.79 Å². The third-order valence-corrected chi connectivity index (χ3v) is 4.93. The molecule has 0 spiro atoms. The quantitative estimate of drug-likeness (QED) is 0.713. The molecule has 0 radical (unpaired) electrons. The Labute approximate surface area is 163 Å². The van der Waals surface area contributed by atoms with Crippen molar-refractivity contribution in [3.05, 3.63) is 66.0 Å². The van der Waals surface area contributed by atoms with E-state index in [1.54, 1.807) is 12.1 Å². The minimum Gasteiger partial charge on any atom is -0.490 e. The van der Waals surface area contributed by atoms with Crippen molar-refractivity contribution in [3.8, 4) is 11.4 Å². The summed E-state index contributed by atoms with van der Waals surface area (Å²) in [6.07, 6.45) is 7.84. The molecule has 0 bridgehead atoms. The number of hydrogen-bond acceptors (Lipinski definition) is 5. The molecule has 1 aliphatic carbocycles. The van der Waals surface area contributed by atoms with Crippen molar-refractivity contribution in [1.29, 1.82) is 0 Å². The molecule has 1 amide bonds. The molecule has 1 aromatic heterocycles. The molecule has 1 fully saturated rings. The monoisotopic (exact) mass is 377 g/mol. The van der Waals surface area contributed by atoms with Crippen LogP contribution in [-0.2, 0) is 6.54 Å². The smallest absolute Gasteiger partial charge is 0.251 e. The van der Waals surface area contributed by atoms with E-state index in [1.807, 2.05) is 36.4 Å². The normalized spacial score (nSPS) is 14.6. The Hall–Kier alpha value is -3.22. The van der Waals surface area contributed by atoms with Crippen molar-refractivity contribution in [1.82, 2.24) is 25.5 Å².